The second kappa shape index (κ2) is 7.02. The largest absolute Gasteiger partial charge is 0.393 e. The van der Waals surface area contributed by atoms with E-state index in [4.69, 9.17) is 9.47 Å². The predicted molar refractivity (Wildman–Crippen MR) is 120 cm³/mol. The molecule has 2 aliphatic heterocycles. The second-order valence-electron chi connectivity index (χ2n) is 13.1. The summed E-state index contributed by atoms with van der Waals surface area (Å²) in [5.74, 6) is 1.45. The van der Waals surface area contributed by atoms with Gasteiger partial charge in [-0.25, -0.2) is 0 Å². The lowest BCUT2D eigenvalue weighted by Crippen LogP contribution is -2.64. The van der Waals surface area contributed by atoms with Crippen molar-refractivity contribution in [3.05, 3.63) is 0 Å². The van der Waals surface area contributed by atoms with Crippen LogP contribution in [0.2, 0.25) is 0 Å². The molecule has 0 radical (unpaired) electrons. The van der Waals surface area contributed by atoms with Crippen LogP contribution in [0.4, 0.5) is 0 Å². The summed E-state index contributed by atoms with van der Waals surface area (Å²) >= 11 is 0. The molecular formula is C27H42O5. The van der Waals surface area contributed by atoms with E-state index in [2.05, 4.69) is 27.7 Å². The maximum absolute atomic E-state index is 14.0. The number of rotatable bonds is 0. The number of Topliss-reactive ketones (excluding diaryl/α,β-unsaturated/α-hetero) is 1. The number of ether oxygens (including phenoxy) is 2. The van der Waals surface area contributed by atoms with Gasteiger partial charge in [-0.2, -0.15) is 0 Å². The molecule has 6 fully saturated rings. The standard InChI is InChI=1S/C27H42O5/c1-14-7-10-27(31-13-14)15(2)21-20(32-27)12-19-18-6-5-16-11-17(28)8-9-25(16,3)22(18)23(29)24(30)26(19,21)4/h14-22,24,28,30H,5-13H2,1-4H3/t14-,15-,16+,17+,18+,19+,20+,21+,22-,24-,25+,26+,27+/m1/s1. The van der Waals surface area contributed by atoms with E-state index in [-0.39, 0.29) is 41.2 Å². The zero-order chi connectivity index (χ0) is 22.6. The third-order valence-corrected chi connectivity index (χ3v) is 11.8. The summed E-state index contributed by atoms with van der Waals surface area (Å²) in [5, 5.41) is 22.0. The summed E-state index contributed by atoms with van der Waals surface area (Å²) in [6.45, 7) is 9.70. The van der Waals surface area contributed by atoms with E-state index in [0.717, 1.165) is 58.0 Å². The molecule has 1 spiro atoms. The van der Waals surface area contributed by atoms with Crippen LogP contribution in [0.5, 0.6) is 0 Å². The van der Waals surface area contributed by atoms with Gasteiger partial charge in [-0.05, 0) is 74.0 Å². The van der Waals surface area contributed by atoms with E-state index in [9.17, 15) is 15.0 Å². The molecule has 0 amide bonds. The van der Waals surface area contributed by atoms with Crippen molar-refractivity contribution in [2.75, 3.05) is 6.61 Å². The average molecular weight is 447 g/mol. The molecule has 0 aromatic rings. The smallest absolute Gasteiger partial charge is 0.171 e. The number of carbonyl (C=O) groups is 1. The molecule has 5 nitrogen and oxygen atoms in total. The Bertz CT molecular complexity index is 789. The van der Waals surface area contributed by atoms with Crippen molar-refractivity contribution in [1.82, 2.24) is 0 Å². The van der Waals surface area contributed by atoms with Gasteiger partial charge in [-0.3, -0.25) is 4.79 Å². The molecule has 13 atom stereocenters. The third kappa shape index (κ3) is 2.63. The lowest BCUT2D eigenvalue weighted by Gasteiger charge is -2.61. The summed E-state index contributed by atoms with van der Waals surface area (Å²) in [4.78, 5) is 14.0. The van der Waals surface area contributed by atoms with Crippen molar-refractivity contribution in [1.29, 1.82) is 0 Å². The summed E-state index contributed by atoms with van der Waals surface area (Å²) in [6.07, 6.45) is 6.54. The Balaban J connectivity index is 1.34. The van der Waals surface area contributed by atoms with E-state index in [0.29, 0.717) is 23.7 Å². The van der Waals surface area contributed by atoms with Crippen LogP contribution >= 0.6 is 0 Å². The highest BCUT2D eigenvalue weighted by Gasteiger charge is 2.73. The lowest BCUT2D eigenvalue weighted by molar-refractivity contribution is -0.273. The number of aliphatic hydroxyl groups is 2. The van der Waals surface area contributed by atoms with Gasteiger partial charge in [0.15, 0.2) is 11.6 Å². The molecule has 2 saturated heterocycles. The van der Waals surface area contributed by atoms with Gasteiger partial charge in [-0.15, -0.1) is 0 Å². The fourth-order valence-corrected chi connectivity index (χ4v) is 10.0. The normalized spacial score (nSPS) is 61.8. The van der Waals surface area contributed by atoms with E-state index < -0.39 is 17.3 Å². The number of carbonyl (C=O) groups excluding carboxylic acids is 1. The van der Waals surface area contributed by atoms with Crippen molar-refractivity contribution < 1.29 is 24.5 Å². The number of ketones is 1. The van der Waals surface area contributed by atoms with Gasteiger partial charge >= 0.3 is 0 Å². The molecule has 5 heteroatoms. The van der Waals surface area contributed by atoms with E-state index in [1.54, 1.807) is 0 Å². The van der Waals surface area contributed by atoms with Gasteiger partial charge < -0.3 is 19.7 Å². The van der Waals surface area contributed by atoms with Gasteiger partial charge in [0.1, 0.15) is 6.10 Å². The molecule has 4 saturated carbocycles. The summed E-state index contributed by atoms with van der Waals surface area (Å²) < 4.78 is 13.1. The molecule has 0 unspecified atom stereocenters. The zero-order valence-corrected chi connectivity index (χ0v) is 20.3. The molecule has 2 N–H and O–H groups in total. The fourth-order valence-electron chi connectivity index (χ4n) is 10.0. The summed E-state index contributed by atoms with van der Waals surface area (Å²) in [6, 6.07) is 0. The molecule has 0 aromatic carbocycles. The van der Waals surface area contributed by atoms with E-state index in [1.165, 1.54) is 0 Å². The Kier molecular flexibility index (Phi) is 4.83. The lowest BCUT2D eigenvalue weighted by atomic mass is 9.43. The Morgan fingerprint density at radius 3 is 2.50 bits per heavy atom. The molecule has 4 aliphatic carbocycles. The van der Waals surface area contributed by atoms with Gasteiger partial charge in [0, 0.05) is 29.6 Å². The maximum Gasteiger partial charge on any atom is 0.171 e. The molecule has 6 aliphatic rings. The molecular weight excluding hydrogens is 404 g/mol. The fraction of sp³-hybridized carbons (Fsp3) is 0.963. The number of fused-ring (bicyclic) bond motifs is 7. The predicted octanol–water partition coefficient (Wildman–Crippen LogP) is 3.94. The Morgan fingerprint density at radius 1 is 1.00 bits per heavy atom. The van der Waals surface area contributed by atoms with E-state index >= 15 is 0 Å². The van der Waals surface area contributed by atoms with Crippen LogP contribution in [0.3, 0.4) is 0 Å². The van der Waals surface area contributed by atoms with Crippen LogP contribution in [0, 0.1) is 52.3 Å². The van der Waals surface area contributed by atoms with Gasteiger partial charge in [0.25, 0.3) is 0 Å². The minimum atomic E-state index is -0.921. The molecule has 180 valence electrons. The van der Waals surface area contributed by atoms with Crippen LogP contribution in [0.25, 0.3) is 0 Å². The highest BCUT2D eigenvalue weighted by Crippen LogP contribution is 2.70. The van der Waals surface area contributed by atoms with Crippen LogP contribution in [-0.2, 0) is 14.3 Å². The third-order valence-electron chi connectivity index (χ3n) is 11.8. The first kappa shape index (κ1) is 22.0. The summed E-state index contributed by atoms with van der Waals surface area (Å²) in [7, 11) is 0. The highest BCUT2D eigenvalue weighted by molar-refractivity contribution is 5.88. The van der Waals surface area contributed by atoms with Crippen LogP contribution in [-0.4, -0.2) is 46.7 Å². The minimum Gasteiger partial charge on any atom is -0.393 e. The maximum atomic E-state index is 14.0. The van der Waals surface area contributed by atoms with Crippen molar-refractivity contribution >= 4 is 5.78 Å². The Hall–Kier alpha value is -0.490. The second-order valence-corrected chi connectivity index (χ2v) is 13.1. The van der Waals surface area contributed by atoms with Crippen molar-refractivity contribution in [3.8, 4) is 0 Å². The first-order valence-electron chi connectivity index (χ1n) is 13.3. The molecule has 6 rings (SSSR count). The average Bonchev–Trinajstić information content (AvgIpc) is 3.20. The van der Waals surface area contributed by atoms with Crippen LogP contribution in [0.1, 0.15) is 79.1 Å². The minimum absolute atomic E-state index is 0.0725. The molecule has 32 heavy (non-hydrogen) atoms. The first-order valence-corrected chi connectivity index (χ1v) is 13.3. The Morgan fingerprint density at radius 2 is 1.78 bits per heavy atom. The topological polar surface area (TPSA) is 76.0 Å². The number of aliphatic hydroxyl groups excluding tert-OH is 2. The van der Waals surface area contributed by atoms with Gasteiger partial charge in [-0.1, -0.05) is 27.7 Å². The zero-order valence-electron chi connectivity index (χ0n) is 20.3. The van der Waals surface area contributed by atoms with E-state index in [1.807, 2.05) is 0 Å². The SMILES string of the molecule is C[C@@H]1CC[C@]2(OC1)O[C@H]1C[C@H]3[C@@H]4CC[C@H]5C[C@@H](O)CC[C@]5(C)[C@H]4C(=O)[C@@H](O)[C@]3(C)[C@H]1[C@H]2C. The van der Waals surface area contributed by atoms with Gasteiger partial charge in [0.05, 0.1) is 18.8 Å². The number of hydrogen-bond acceptors (Lipinski definition) is 5. The molecule has 2 heterocycles. The summed E-state index contributed by atoms with van der Waals surface area (Å²) in [5.41, 5.74) is -0.523. The van der Waals surface area contributed by atoms with Gasteiger partial charge in [0.2, 0.25) is 0 Å². The van der Waals surface area contributed by atoms with Crippen molar-refractivity contribution in [3.63, 3.8) is 0 Å². The molecule has 0 aromatic heterocycles. The number of hydrogen-bond donors (Lipinski definition) is 2. The Labute approximate surface area is 192 Å². The van der Waals surface area contributed by atoms with Crippen LogP contribution in [0.15, 0.2) is 0 Å². The molecule has 0 bridgehead atoms. The monoisotopic (exact) mass is 446 g/mol. The van der Waals surface area contributed by atoms with Crippen LogP contribution < -0.4 is 0 Å². The van der Waals surface area contributed by atoms with Crippen molar-refractivity contribution in [2.24, 2.45) is 52.3 Å². The highest BCUT2D eigenvalue weighted by atomic mass is 16.7. The quantitative estimate of drug-likeness (QED) is 0.589. The first-order chi connectivity index (χ1) is 15.1. The van der Waals surface area contributed by atoms with Crippen molar-refractivity contribution in [2.45, 2.75) is 103 Å².